The Balaban J connectivity index is 1.93. The maximum atomic E-state index is 13.6. The van der Waals surface area contributed by atoms with E-state index in [2.05, 4.69) is 9.97 Å². The first-order valence-electron chi connectivity index (χ1n) is 7.40. The number of nitrogens with zero attached hydrogens (tertiary/aromatic N) is 2. The summed E-state index contributed by atoms with van der Waals surface area (Å²) in [5, 5.41) is 0. The molecule has 2 aromatic carbocycles. The van der Waals surface area contributed by atoms with Crippen LogP contribution in [0, 0.1) is 11.6 Å². The number of halogens is 2. The van der Waals surface area contributed by atoms with Crippen molar-refractivity contribution >= 4 is 17.4 Å². The SMILES string of the molecule is O=C(C(=O)N(Cc1ncc[nH]1)c1cccc(F)c1)c1ccc(F)cc1. The van der Waals surface area contributed by atoms with E-state index in [1.54, 1.807) is 6.20 Å². The number of benzene rings is 2. The monoisotopic (exact) mass is 341 g/mol. The molecular formula is C18H13F2N3O2. The van der Waals surface area contributed by atoms with Crippen LogP contribution in [0.15, 0.2) is 60.9 Å². The minimum atomic E-state index is -0.867. The second kappa shape index (κ2) is 7.04. The van der Waals surface area contributed by atoms with Gasteiger partial charge in [-0.05, 0) is 42.5 Å². The van der Waals surface area contributed by atoms with E-state index in [0.717, 1.165) is 23.1 Å². The van der Waals surface area contributed by atoms with Gasteiger partial charge in [0.25, 0.3) is 11.7 Å². The molecule has 25 heavy (non-hydrogen) atoms. The summed E-state index contributed by atoms with van der Waals surface area (Å²) < 4.78 is 26.6. The summed E-state index contributed by atoms with van der Waals surface area (Å²) in [7, 11) is 0. The number of nitrogens with one attached hydrogen (secondary N) is 1. The lowest BCUT2D eigenvalue weighted by atomic mass is 10.1. The van der Waals surface area contributed by atoms with Crippen molar-refractivity contribution in [3.8, 4) is 0 Å². The molecule has 0 saturated heterocycles. The van der Waals surface area contributed by atoms with Gasteiger partial charge in [-0.25, -0.2) is 13.8 Å². The van der Waals surface area contributed by atoms with Gasteiger partial charge >= 0.3 is 0 Å². The van der Waals surface area contributed by atoms with E-state index in [0.29, 0.717) is 5.82 Å². The number of aromatic nitrogens is 2. The predicted molar refractivity (Wildman–Crippen MR) is 86.9 cm³/mol. The van der Waals surface area contributed by atoms with Crippen LogP contribution in [0.2, 0.25) is 0 Å². The molecule has 126 valence electrons. The molecule has 0 spiro atoms. The molecule has 7 heteroatoms. The van der Waals surface area contributed by atoms with Crippen LogP contribution < -0.4 is 4.90 Å². The van der Waals surface area contributed by atoms with Crippen molar-refractivity contribution in [1.29, 1.82) is 0 Å². The number of H-pyrrole nitrogens is 1. The fraction of sp³-hybridized carbons (Fsp3) is 0.0556. The normalized spacial score (nSPS) is 10.5. The zero-order valence-corrected chi connectivity index (χ0v) is 12.9. The van der Waals surface area contributed by atoms with Crippen LogP contribution >= 0.6 is 0 Å². The molecule has 0 saturated carbocycles. The minimum Gasteiger partial charge on any atom is -0.347 e. The number of anilines is 1. The van der Waals surface area contributed by atoms with Crippen molar-refractivity contribution in [2.24, 2.45) is 0 Å². The highest BCUT2D eigenvalue weighted by Crippen LogP contribution is 2.19. The molecule has 0 aliphatic heterocycles. The smallest absolute Gasteiger partial charge is 0.299 e. The number of carbonyl (C=O) groups is 2. The first kappa shape index (κ1) is 16.5. The number of imidazole rings is 1. The largest absolute Gasteiger partial charge is 0.347 e. The number of hydrogen-bond donors (Lipinski definition) is 1. The second-order valence-corrected chi connectivity index (χ2v) is 5.24. The first-order valence-corrected chi connectivity index (χ1v) is 7.40. The van der Waals surface area contributed by atoms with Gasteiger partial charge < -0.3 is 4.98 Å². The number of ketones is 1. The highest BCUT2D eigenvalue weighted by molar-refractivity contribution is 6.47. The Morgan fingerprint density at radius 2 is 1.80 bits per heavy atom. The van der Waals surface area contributed by atoms with E-state index >= 15 is 0 Å². The van der Waals surface area contributed by atoms with Crippen molar-refractivity contribution in [2.75, 3.05) is 4.90 Å². The number of amides is 1. The van der Waals surface area contributed by atoms with Gasteiger partial charge in [-0.1, -0.05) is 6.07 Å². The van der Waals surface area contributed by atoms with Gasteiger partial charge in [0.05, 0.1) is 6.54 Å². The summed E-state index contributed by atoms with van der Waals surface area (Å²) in [6.45, 7) is -0.0395. The third-order valence-corrected chi connectivity index (χ3v) is 3.53. The molecule has 3 aromatic rings. The Kier molecular flexibility index (Phi) is 4.65. The Morgan fingerprint density at radius 3 is 2.44 bits per heavy atom. The van der Waals surface area contributed by atoms with Crippen LogP contribution in [0.5, 0.6) is 0 Å². The van der Waals surface area contributed by atoms with Gasteiger partial charge in [-0.2, -0.15) is 0 Å². The molecule has 1 aromatic heterocycles. The Bertz CT molecular complexity index is 893. The van der Waals surface area contributed by atoms with E-state index in [9.17, 15) is 18.4 Å². The molecular weight excluding hydrogens is 328 g/mol. The highest BCUT2D eigenvalue weighted by atomic mass is 19.1. The number of carbonyl (C=O) groups excluding carboxylic acids is 2. The fourth-order valence-corrected chi connectivity index (χ4v) is 2.31. The molecule has 0 bridgehead atoms. The lowest BCUT2D eigenvalue weighted by Crippen LogP contribution is -2.36. The molecule has 1 N–H and O–H groups in total. The number of Topliss-reactive ketones (excluding diaryl/α,β-unsaturated/α-hetero) is 1. The lowest BCUT2D eigenvalue weighted by Gasteiger charge is -2.21. The van der Waals surface area contributed by atoms with E-state index in [4.69, 9.17) is 0 Å². The zero-order valence-electron chi connectivity index (χ0n) is 12.9. The van der Waals surface area contributed by atoms with E-state index in [1.807, 2.05) is 0 Å². The summed E-state index contributed by atoms with van der Waals surface area (Å²) in [5.41, 5.74) is 0.268. The van der Waals surface area contributed by atoms with Gasteiger partial charge in [-0.15, -0.1) is 0 Å². The topological polar surface area (TPSA) is 66.1 Å². The fourth-order valence-electron chi connectivity index (χ4n) is 2.31. The minimum absolute atomic E-state index is 0.0395. The molecule has 0 radical (unpaired) electrons. The summed E-state index contributed by atoms with van der Waals surface area (Å²) >= 11 is 0. The van der Waals surface area contributed by atoms with Crippen molar-refractivity contribution in [3.05, 3.63) is 83.9 Å². The summed E-state index contributed by atoms with van der Waals surface area (Å²) in [5.74, 6) is -2.31. The average Bonchev–Trinajstić information content (AvgIpc) is 3.12. The number of aromatic amines is 1. The summed E-state index contributed by atoms with van der Waals surface area (Å²) in [6.07, 6.45) is 3.08. The van der Waals surface area contributed by atoms with Crippen LogP contribution in [-0.4, -0.2) is 21.7 Å². The molecule has 0 atom stereocenters. The van der Waals surface area contributed by atoms with E-state index in [1.165, 1.54) is 36.5 Å². The maximum absolute atomic E-state index is 13.6. The molecule has 1 heterocycles. The third kappa shape index (κ3) is 3.77. The van der Waals surface area contributed by atoms with Gasteiger partial charge in [0.1, 0.15) is 17.5 Å². The van der Waals surface area contributed by atoms with Crippen molar-refractivity contribution < 1.29 is 18.4 Å². The highest BCUT2D eigenvalue weighted by Gasteiger charge is 2.25. The maximum Gasteiger partial charge on any atom is 0.299 e. The van der Waals surface area contributed by atoms with Crippen molar-refractivity contribution in [3.63, 3.8) is 0 Å². The lowest BCUT2D eigenvalue weighted by molar-refractivity contribution is -0.114. The molecule has 0 unspecified atom stereocenters. The van der Waals surface area contributed by atoms with Crippen LogP contribution in [-0.2, 0) is 11.3 Å². The zero-order chi connectivity index (χ0) is 17.8. The number of rotatable bonds is 5. The summed E-state index contributed by atoms with van der Waals surface area (Å²) in [4.78, 5) is 33.1. The van der Waals surface area contributed by atoms with Gasteiger partial charge in [0, 0.05) is 23.6 Å². The van der Waals surface area contributed by atoms with Crippen LogP contribution in [0.3, 0.4) is 0 Å². The quantitative estimate of drug-likeness (QED) is 0.573. The predicted octanol–water partition coefficient (Wildman–Crippen LogP) is 3.10. The molecule has 3 rings (SSSR count). The first-order chi connectivity index (χ1) is 12.0. The van der Waals surface area contributed by atoms with Crippen molar-refractivity contribution in [2.45, 2.75) is 6.54 Å². The second-order valence-electron chi connectivity index (χ2n) is 5.24. The third-order valence-electron chi connectivity index (χ3n) is 3.53. The van der Waals surface area contributed by atoms with E-state index in [-0.39, 0.29) is 17.8 Å². The van der Waals surface area contributed by atoms with Crippen LogP contribution in [0.1, 0.15) is 16.2 Å². The number of hydrogen-bond acceptors (Lipinski definition) is 3. The van der Waals surface area contributed by atoms with Gasteiger partial charge in [0.2, 0.25) is 0 Å². The van der Waals surface area contributed by atoms with Gasteiger partial charge in [-0.3, -0.25) is 14.5 Å². The van der Waals surface area contributed by atoms with Crippen LogP contribution in [0.25, 0.3) is 0 Å². The van der Waals surface area contributed by atoms with Crippen molar-refractivity contribution in [1.82, 2.24) is 9.97 Å². The molecule has 0 aliphatic carbocycles. The molecule has 0 aliphatic rings. The average molecular weight is 341 g/mol. The van der Waals surface area contributed by atoms with E-state index < -0.39 is 23.3 Å². The Labute approximate surface area is 141 Å². The Morgan fingerprint density at radius 1 is 1.04 bits per heavy atom. The Hall–Kier alpha value is -3.35. The standard InChI is InChI=1S/C18H13F2N3O2/c19-13-6-4-12(5-7-13)17(24)18(25)23(11-16-21-8-9-22-16)15-3-1-2-14(20)10-15/h1-10H,11H2,(H,21,22). The van der Waals surface area contributed by atoms with Crippen LogP contribution in [0.4, 0.5) is 14.5 Å². The molecule has 1 amide bonds. The summed E-state index contributed by atoms with van der Waals surface area (Å²) in [6, 6.07) is 9.99. The molecule has 0 fully saturated rings. The molecule has 5 nitrogen and oxygen atoms in total. The van der Waals surface area contributed by atoms with Gasteiger partial charge in [0.15, 0.2) is 0 Å².